The van der Waals surface area contributed by atoms with E-state index in [4.69, 9.17) is 0 Å². The Morgan fingerprint density at radius 3 is 2.86 bits per heavy atom. The maximum absolute atomic E-state index is 12.6. The minimum atomic E-state index is -3.57. The summed E-state index contributed by atoms with van der Waals surface area (Å²) in [5.74, 6) is 0.402. The van der Waals surface area contributed by atoms with Gasteiger partial charge in [-0.2, -0.15) is 8.75 Å². The molecule has 3 aromatic rings. The summed E-state index contributed by atoms with van der Waals surface area (Å²) in [4.78, 5) is 0. The molecule has 8 heteroatoms. The van der Waals surface area contributed by atoms with Crippen LogP contribution in [0.25, 0.3) is 11.0 Å². The lowest BCUT2D eigenvalue weighted by atomic mass is 10.2. The van der Waals surface area contributed by atoms with Crippen molar-refractivity contribution in [3.05, 3.63) is 35.2 Å². The van der Waals surface area contributed by atoms with Gasteiger partial charge in [-0.25, -0.2) is 8.42 Å². The number of sulfonamides is 1. The van der Waals surface area contributed by atoms with Crippen molar-refractivity contribution in [3.8, 4) is 0 Å². The lowest BCUT2D eigenvalue weighted by Gasteiger charge is -2.08. The number of fused-ring (bicyclic) bond motifs is 1. The Labute approximate surface area is 130 Å². The lowest BCUT2D eigenvalue weighted by molar-refractivity contribution is 0.602. The Hall–Kier alpha value is -1.51. The quantitative estimate of drug-likeness (QED) is 0.791. The van der Waals surface area contributed by atoms with Gasteiger partial charge in [-0.05, 0) is 47.9 Å². The summed E-state index contributed by atoms with van der Waals surface area (Å²) in [6.07, 6.45) is 2.15. The van der Waals surface area contributed by atoms with Crippen LogP contribution < -0.4 is 4.72 Å². The van der Waals surface area contributed by atoms with Crippen LogP contribution in [0.5, 0.6) is 0 Å². The van der Waals surface area contributed by atoms with Gasteiger partial charge in [-0.15, -0.1) is 11.3 Å². The monoisotopic (exact) mass is 337 g/mol. The molecule has 1 aromatic carbocycles. The molecule has 1 saturated carbocycles. The Morgan fingerprint density at radius 2 is 2.05 bits per heavy atom. The van der Waals surface area contributed by atoms with Crippen LogP contribution in [0.1, 0.15) is 24.3 Å². The second-order valence-electron chi connectivity index (χ2n) is 4.98. The number of nitrogens with zero attached hydrogens (tertiary/aromatic N) is 2. The van der Waals surface area contributed by atoms with Crippen LogP contribution in [0.15, 0.2) is 33.9 Å². The molecule has 21 heavy (non-hydrogen) atoms. The fourth-order valence-corrected chi connectivity index (χ4v) is 5.45. The third kappa shape index (κ3) is 2.33. The SMILES string of the molecule is O=S(=O)(Nc1cccc2nsnc12)c1sccc1C1CC1. The number of benzene rings is 1. The Bertz CT molecular complexity index is 910. The molecule has 0 amide bonds. The molecule has 2 aromatic heterocycles. The summed E-state index contributed by atoms with van der Waals surface area (Å²) in [6, 6.07) is 7.22. The van der Waals surface area contributed by atoms with Crippen LogP contribution in [0.3, 0.4) is 0 Å². The van der Waals surface area contributed by atoms with Crippen molar-refractivity contribution in [3.63, 3.8) is 0 Å². The van der Waals surface area contributed by atoms with Gasteiger partial charge in [0.05, 0.1) is 17.4 Å². The fraction of sp³-hybridized carbons (Fsp3) is 0.231. The largest absolute Gasteiger partial charge is 0.277 e. The van der Waals surface area contributed by atoms with Gasteiger partial charge in [0.1, 0.15) is 15.2 Å². The first kappa shape index (κ1) is 13.2. The molecule has 5 nitrogen and oxygen atoms in total. The highest BCUT2D eigenvalue weighted by Gasteiger charge is 2.31. The lowest BCUT2D eigenvalue weighted by Crippen LogP contribution is -2.13. The molecule has 0 aliphatic heterocycles. The molecule has 1 aliphatic carbocycles. The first-order chi connectivity index (χ1) is 10.1. The van der Waals surface area contributed by atoms with Crippen molar-refractivity contribution < 1.29 is 8.42 Å². The molecule has 108 valence electrons. The van der Waals surface area contributed by atoms with Crippen molar-refractivity contribution in [2.75, 3.05) is 4.72 Å². The van der Waals surface area contributed by atoms with Gasteiger partial charge in [0.15, 0.2) is 0 Å². The maximum atomic E-state index is 12.6. The number of rotatable bonds is 4. The number of thiophene rings is 1. The van der Waals surface area contributed by atoms with Crippen molar-refractivity contribution in [2.24, 2.45) is 0 Å². The predicted molar refractivity (Wildman–Crippen MR) is 84.5 cm³/mol. The van der Waals surface area contributed by atoms with Crippen molar-refractivity contribution in [1.29, 1.82) is 0 Å². The van der Waals surface area contributed by atoms with E-state index in [1.807, 2.05) is 17.5 Å². The Kier molecular flexibility index (Phi) is 2.98. The van der Waals surface area contributed by atoms with Crippen LogP contribution in [0.2, 0.25) is 0 Å². The summed E-state index contributed by atoms with van der Waals surface area (Å²) < 4.78 is 36.6. The number of aromatic nitrogens is 2. The van der Waals surface area contributed by atoms with Gasteiger partial charge >= 0.3 is 0 Å². The minimum Gasteiger partial charge on any atom is -0.277 e. The third-order valence-electron chi connectivity index (χ3n) is 3.45. The van der Waals surface area contributed by atoms with E-state index in [0.29, 0.717) is 26.8 Å². The van der Waals surface area contributed by atoms with Crippen LogP contribution in [-0.2, 0) is 10.0 Å². The summed E-state index contributed by atoms with van der Waals surface area (Å²) >= 11 is 2.34. The van der Waals surface area contributed by atoms with Crippen LogP contribution in [0, 0.1) is 0 Å². The predicted octanol–water partition coefficient (Wildman–Crippen LogP) is 3.43. The number of hydrogen-bond donors (Lipinski definition) is 1. The summed E-state index contributed by atoms with van der Waals surface area (Å²) in [6.45, 7) is 0. The van der Waals surface area contributed by atoms with E-state index in [1.165, 1.54) is 11.3 Å². The second-order valence-corrected chi connectivity index (χ2v) is 8.30. The minimum absolute atomic E-state index is 0.402. The second kappa shape index (κ2) is 4.75. The van der Waals surface area contributed by atoms with Gasteiger partial charge < -0.3 is 0 Å². The third-order valence-corrected chi connectivity index (χ3v) is 6.87. The van der Waals surface area contributed by atoms with Crippen LogP contribution in [0.4, 0.5) is 5.69 Å². The van der Waals surface area contributed by atoms with Gasteiger partial charge in [0.25, 0.3) is 10.0 Å². The highest BCUT2D eigenvalue weighted by Crippen LogP contribution is 2.45. The molecule has 0 radical (unpaired) electrons. The zero-order valence-electron chi connectivity index (χ0n) is 10.8. The first-order valence-corrected chi connectivity index (χ1v) is 9.56. The van der Waals surface area contributed by atoms with E-state index in [-0.39, 0.29) is 0 Å². The van der Waals surface area contributed by atoms with E-state index in [2.05, 4.69) is 13.5 Å². The molecule has 0 bridgehead atoms. The summed E-state index contributed by atoms with van der Waals surface area (Å²) in [7, 11) is -3.57. The van der Waals surface area contributed by atoms with Crippen LogP contribution in [-0.4, -0.2) is 17.2 Å². The van der Waals surface area contributed by atoms with E-state index in [9.17, 15) is 8.42 Å². The standard InChI is InChI=1S/C13H11N3O2S3/c17-21(18,13-9(6-7-19-13)8-4-5-8)16-11-3-1-2-10-12(11)15-20-14-10/h1-3,6-8,16H,4-5H2. The number of hydrogen-bond acceptors (Lipinski definition) is 6. The van der Waals surface area contributed by atoms with Crippen molar-refractivity contribution >= 4 is 49.8 Å². The van der Waals surface area contributed by atoms with Gasteiger partial charge in [-0.1, -0.05) is 6.07 Å². The van der Waals surface area contributed by atoms with E-state index in [0.717, 1.165) is 30.1 Å². The molecule has 0 saturated heterocycles. The van der Waals surface area contributed by atoms with Crippen molar-refractivity contribution in [2.45, 2.75) is 23.0 Å². The van der Waals surface area contributed by atoms with Crippen LogP contribution >= 0.6 is 23.1 Å². The van der Waals surface area contributed by atoms with Gasteiger partial charge in [0, 0.05) is 0 Å². The highest BCUT2D eigenvalue weighted by molar-refractivity contribution is 7.94. The summed E-state index contributed by atoms with van der Waals surface area (Å²) in [5.41, 5.74) is 2.72. The first-order valence-electron chi connectivity index (χ1n) is 6.46. The molecular weight excluding hydrogens is 326 g/mol. The molecule has 0 atom stereocenters. The highest BCUT2D eigenvalue weighted by atomic mass is 32.2. The van der Waals surface area contributed by atoms with E-state index in [1.54, 1.807) is 12.1 Å². The topological polar surface area (TPSA) is 72.0 Å². The molecule has 0 spiro atoms. The zero-order chi connectivity index (χ0) is 14.4. The molecule has 2 heterocycles. The smallest absolute Gasteiger partial charge is 0.271 e. The molecule has 1 fully saturated rings. The zero-order valence-corrected chi connectivity index (χ0v) is 13.3. The van der Waals surface area contributed by atoms with E-state index >= 15 is 0 Å². The molecule has 1 N–H and O–H groups in total. The van der Waals surface area contributed by atoms with E-state index < -0.39 is 10.0 Å². The fourth-order valence-electron chi connectivity index (χ4n) is 2.30. The molecule has 0 unspecified atom stereocenters. The molecule has 1 aliphatic rings. The number of nitrogens with one attached hydrogen (secondary N) is 1. The average Bonchev–Trinajstić information content (AvgIpc) is 3.00. The maximum Gasteiger partial charge on any atom is 0.271 e. The number of anilines is 1. The average molecular weight is 337 g/mol. The van der Waals surface area contributed by atoms with Gasteiger partial charge in [0.2, 0.25) is 0 Å². The van der Waals surface area contributed by atoms with Crippen molar-refractivity contribution in [1.82, 2.24) is 8.75 Å². The van der Waals surface area contributed by atoms with Gasteiger partial charge in [-0.3, -0.25) is 4.72 Å². The Morgan fingerprint density at radius 1 is 1.19 bits per heavy atom. The summed E-state index contributed by atoms with van der Waals surface area (Å²) in [5, 5.41) is 1.84. The Balaban J connectivity index is 1.75. The normalized spacial score (nSPS) is 15.4. The molecular formula is C13H11N3O2S3. The molecule has 4 rings (SSSR count).